The number of hydrogen-bond donors (Lipinski definition) is 1. The molecule has 1 aromatic heterocycles. The molecule has 3 aliphatic rings. The first-order valence-electron chi connectivity index (χ1n) is 8.68. The van der Waals surface area contributed by atoms with E-state index in [4.69, 9.17) is 4.74 Å². The van der Waals surface area contributed by atoms with Crippen molar-refractivity contribution in [2.45, 2.75) is 25.0 Å². The lowest BCUT2D eigenvalue weighted by Gasteiger charge is -2.50. The van der Waals surface area contributed by atoms with Crippen molar-refractivity contribution in [3.05, 3.63) is 48.7 Å². The molecule has 4 nitrogen and oxygen atoms in total. The van der Waals surface area contributed by atoms with E-state index in [1.807, 2.05) is 24.3 Å². The van der Waals surface area contributed by atoms with Gasteiger partial charge < -0.3 is 9.84 Å². The Kier molecular flexibility index (Phi) is 4.02. The van der Waals surface area contributed by atoms with Gasteiger partial charge in [-0.15, -0.1) is 6.58 Å². The number of aliphatic hydroxyl groups excluding tert-OH is 1. The molecule has 4 heterocycles. The fourth-order valence-electron chi connectivity index (χ4n) is 4.44. The van der Waals surface area contributed by atoms with Crippen molar-refractivity contribution in [2.75, 3.05) is 20.2 Å². The van der Waals surface area contributed by atoms with Crippen molar-refractivity contribution in [2.24, 2.45) is 11.8 Å². The van der Waals surface area contributed by atoms with Crippen molar-refractivity contribution < 1.29 is 9.84 Å². The molecular formula is C20H24N2O2. The summed E-state index contributed by atoms with van der Waals surface area (Å²) >= 11 is 0. The summed E-state index contributed by atoms with van der Waals surface area (Å²) in [6.07, 6.45) is 5.62. The zero-order chi connectivity index (χ0) is 16.7. The number of fused-ring (bicyclic) bond motifs is 4. The van der Waals surface area contributed by atoms with Crippen LogP contribution in [0.3, 0.4) is 0 Å². The number of benzene rings is 1. The number of piperidine rings is 3. The number of aliphatic hydroxyl groups is 1. The Morgan fingerprint density at radius 3 is 3.00 bits per heavy atom. The van der Waals surface area contributed by atoms with Gasteiger partial charge in [0, 0.05) is 24.2 Å². The van der Waals surface area contributed by atoms with Crippen LogP contribution in [0.25, 0.3) is 10.9 Å². The molecule has 0 aliphatic carbocycles. The lowest BCUT2D eigenvalue weighted by atomic mass is 9.73. The molecule has 24 heavy (non-hydrogen) atoms. The minimum atomic E-state index is -0.504. The van der Waals surface area contributed by atoms with E-state index in [0.29, 0.717) is 11.8 Å². The van der Waals surface area contributed by atoms with Crippen LogP contribution in [0.2, 0.25) is 0 Å². The van der Waals surface area contributed by atoms with Crippen LogP contribution < -0.4 is 4.74 Å². The highest BCUT2D eigenvalue weighted by Crippen LogP contribution is 2.42. The summed E-state index contributed by atoms with van der Waals surface area (Å²) in [6, 6.07) is 7.96. The molecule has 0 amide bonds. The van der Waals surface area contributed by atoms with Gasteiger partial charge >= 0.3 is 0 Å². The minimum absolute atomic E-state index is 0.178. The molecule has 0 saturated carbocycles. The van der Waals surface area contributed by atoms with Crippen molar-refractivity contribution in [3.8, 4) is 5.75 Å². The molecule has 5 rings (SSSR count). The molecular weight excluding hydrogens is 300 g/mol. The Hall–Kier alpha value is -1.91. The van der Waals surface area contributed by atoms with E-state index in [1.165, 1.54) is 6.42 Å². The number of methoxy groups -OCH3 is 1. The number of ether oxygens (including phenoxy) is 1. The summed E-state index contributed by atoms with van der Waals surface area (Å²) in [7, 11) is 1.66. The third kappa shape index (κ3) is 2.50. The van der Waals surface area contributed by atoms with Gasteiger partial charge in [0.15, 0.2) is 0 Å². The zero-order valence-corrected chi connectivity index (χ0v) is 14.1. The summed E-state index contributed by atoms with van der Waals surface area (Å²) in [6.45, 7) is 6.07. The Morgan fingerprint density at radius 1 is 1.42 bits per heavy atom. The summed E-state index contributed by atoms with van der Waals surface area (Å²) in [5.41, 5.74) is 1.85. The first-order valence-corrected chi connectivity index (χ1v) is 8.68. The molecule has 3 aliphatic heterocycles. The van der Waals surface area contributed by atoms with E-state index in [1.54, 1.807) is 13.3 Å². The van der Waals surface area contributed by atoms with Gasteiger partial charge in [0.1, 0.15) is 5.75 Å². The van der Waals surface area contributed by atoms with Crippen LogP contribution in [-0.4, -0.2) is 41.2 Å². The van der Waals surface area contributed by atoms with Crippen molar-refractivity contribution in [3.63, 3.8) is 0 Å². The Bertz CT molecular complexity index is 760. The number of rotatable bonds is 4. The first-order chi connectivity index (χ1) is 11.7. The average molecular weight is 324 g/mol. The lowest BCUT2D eigenvalue weighted by molar-refractivity contribution is -0.0444. The van der Waals surface area contributed by atoms with E-state index in [0.717, 1.165) is 41.7 Å². The molecule has 2 aromatic rings. The third-order valence-electron chi connectivity index (χ3n) is 5.82. The van der Waals surface area contributed by atoms with Gasteiger partial charge in [0.2, 0.25) is 0 Å². The van der Waals surface area contributed by atoms with Crippen molar-refractivity contribution in [1.29, 1.82) is 0 Å². The molecule has 2 bridgehead atoms. The second kappa shape index (κ2) is 6.19. The summed E-state index contributed by atoms with van der Waals surface area (Å²) in [4.78, 5) is 6.86. The fraction of sp³-hybridized carbons (Fsp3) is 0.450. The van der Waals surface area contributed by atoms with Crippen LogP contribution in [0.15, 0.2) is 43.1 Å². The van der Waals surface area contributed by atoms with Crippen LogP contribution in [0.4, 0.5) is 0 Å². The van der Waals surface area contributed by atoms with Gasteiger partial charge in [-0.1, -0.05) is 6.08 Å². The van der Waals surface area contributed by atoms with E-state index < -0.39 is 6.10 Å². The minimum Gasteiger partial charge on any atom is -0.497 e. The lowest BCUT2D eigenvalue weighted by Crippen LogP contribution is -2.54. The van der Waals surface area contributed by atoms with Crippen LogP contribution in [0.1, 0.15) is 24.5 Å². The van der Waals surface area contributed by atoms with Gasteiger partial charge in [-0.3, -0.25) is 9.88 Å². The smallest absolute Gasteiger partial charge is 0.119 e. The van der Waals surface area contributed by atoms with Crippen molar-refractivity contribution in [1.82, 2.24) is 9.88 Å². The molecule has 1 N–H and O–H groups in total. The normalized spacial score (nSPS) is 30.2. The SMILES string of the molecule is C=C[C@H]1CN2CC[C@@H]1C[C@@H]2[C@H](O)c1ccnc2ccc(OC)cc12. The second-order valence-corrected chi connectivity index (χ2v) is 6.97. The van der Waals surface area contributed by atoms with Gasteiger partial charge in [-0.25, -0.2) is 0 Å². The molecule has 1 unspecified atom stereocenters. The highest BCUT2D eigenvalue weighted by molar-refractivity contribution is 5.83. The largest absolute Gasteiger partial charge is 0.497 e. The van der Waals surface area contributed by atoms with E-state index in [2.05, 4.69) is 22.5 Å². The number of nitrogens with zero attached hydrogens (tertiary/aromatic N) is 2. The molecule has 1 aromatic carbocycles. The first kappa shape index (κ1) is 15.6. The molecule has 3 saturated heterocycles. The third-order valence-corrected chi connectivity index (χ3v) is 5.82. The van der Waals surface area contributed by atoms with Gasteiger partial charge in [0.25, 0.3) is 0 Å². The van der Waals surface area contributed by atoms with Gasteiger partial charge in [-0.2, -0.15) is 0 Å². The van der Waals surface area contributed by atoms with Crippen molar-refractivity contribution >= 4 is 10.9 Å². The van der Waals surface area contributed by atoms with E-state index >= 15 is 0 Å². The van der Waals surface area contributed by atoms with E-state index in [9.17, 15) is 5.11 Å². The Labute approximate surface area is 142 Å². The summed E-state index contributed by atoms with van der Waals surface area (Å²) in [5.74, 6) is 2.01. The quantitative estimate of drug-likeness (QED) is 0.878. The highest BCUT2D eigenvalue weighted by atomic mass is 16.5. The number of hydrogen-bond acceptors (Lipinski definition) is 4. The molecule has 0 spiro atoms. The second-order valence-electron chi connectivity index (χ2n) is 6.97. The Morgan fingerprint density at radius 2 is 2.29 bits per heavy atom. The number of pyridine rings is 1. The molecule has 3 fully saturated rings. The molecule has 0 radical (unpaired) electrons. The van der Waals surface area contributed by atoms with Gasteiger partial charge in [0.05, 0.1) is 18.7 Å². The maximum Gasteiger partial charge on any atom is 0.119 e. The van der Waals surface area contributed by atoms with Crippen LogP contribution >= 0.6 is 0 Å². The molecule has 5 atom stereocenters. The predicted octanol–water partition coefficient (Wildman–Crippen LogP) is 3.17. The van der Waals surface area contributed by atoms with Crippen LogP contribution in [0.5, 0.6) is 5.75 Å². The molecule has 126 valence electrons. The highest BCUT2D eigenvalue weighted by Gasteiger charge is 2.42. The predicted molar refractivity (Wildman–Crippen MR) is 95.0 cm³/mol. The standard InChI is InChI=1S/C20H24N2O2/c1-3-13-12-22-9-7-14(13)10-19(22)20(23)16-6-8-21-18-5-4-15(24-2)11-17(16)18/h3-6,8,11,13-14,19-20,23H,1,7,9-10,12H2,2H3/t13-,14+,19+,20+/m0/s1. The van der Waals surface area contributed by atoms with Gasteiger partial charge in [-0.05, 0) is 61.1 Å². The number of aromatic nitrogens is 1. The monoisotopic (exact) mass is 324 g/mol. The topological polar surface area (TPSA) is 45.6 Å². The average Bonchev–Trinajstić information content (AvgIpc) is 2.66. The zero-order valence-electron chi connectivity index (χ0n) is 14.1. The maximum atomic E-state index is 11.2. The maximum absolute atomic E-state index is 11.2. The van der Waals surface area contributed by atoms with E-state index in [-0.39, 0.29) is 6.04 Å². The molecule has 4 heteroatoms. The summed E-state index contributed by atoms with van der Waals surface area (Å²) in [5, 5.41) is 12.1. The Balaban J connectivity index is 1.69. The van der Waals surface area contributed by atoms with Crippen LogP contribution in [-0.2, 0) is 0 Å². The van der Waals surface area contributed by atoms with Crippen LogP contribution in [0, 0.1) is 11.8 Å². The fourth-order valence-corrected chi connectivity index (χ4v) is 4.44. The summed E-state index contributed by atoms with van der Waals surface area (Å²) < 4.78 is 5.35.